The Morgan fingerprint density at radius 3 is 2.93 bits per heavy atom. The highest BCUT2D eigenvalue weighted by atomic mass is 35.5. The summed E-state index contributed by atoms with van der Waals surface area (Å²) in [5.74, 6) is 0.307. The van der Waals surface area contributed by atoms with Crippen LogP contribution in [0.15, 0.2) is 18.2 Å². The number of phenolic OH excluding ortho intramolecular Hbond substituents is 1. The molecule has 0 spiro atoms. The van der Waals surface area contributed by atoms with E-state index in [4.69, 9.17) is 11.6 Å². The molecule has 1 saturated heterocycles. The fourth-order valence-corrected chi connectivity index (χ4v) is 2.36. The van der Waals surface area contributed by atoms with Crippen molar-refractivity contribution in [3.8, 4) is 5.75 Å². The van der Waals surface area contributed by atoms with E-state index in [1.165, 1.54) is 12.8 Å². The van der Waals surface area contributed by atoms with Gasteiger partial charge in [0.25, 0.3) is 0 Å². The standard InChI is InChI=1S/C12H16ClNO/c1-9-4-3-7-14(9)8-10-11(13)5-2-6-12(10)15/h2,5-6,9,15H,3-4,7-8H2,1H3. The Kier molecular flexibility index (Phi) is 3.17. The number of hydrogen-bond acceptors (Lipinski definition) is 2. The van der Waals surface area contributed by atoms with Gasteiger partial charge in [-0.25, -0.2) is 0 Å². The molecular weight excluding hydrogens is 210 g/mol. The van der Waals surface area contributed by atoms with Gasteiger partial charge in [-0.05, 0) is 38.4 Å². The molecule has 1 aliphatic rings. The van der Waals surface area contributed by atoms with E-state index in [9.17, 15) is 5.11 Å². The smallest absolute Gasteiger partial charge is 0.121 e. The Morgan fingerprint density at radius 1 is 1.53 bits per heavy atom. The molecule has 82 valence electrons. The molecule has 1 fully saturated rings. The predicted octanol–water partition coefficient (Wildman–Crippen LogP) is 3.03. The van der Waals surface area contributed by atoms with Crippen LogP contribution < -0.4 is 0 Å². The van der Waals surface area contributed by atoms with Crippen LogP contribution in [0.4, 0.5) is 0 Å². The van der Waals surface area contributed by atoms with Crippen LogP contribution >= 0.6 is 11.6 Å². The molecule has 0 aliphatic carbocycles. The molecule has 0 radical (unpaired) electrons. The molecule has 2 rings (SSSR count). The predicted molar refractivity (Wildman–Crippen MR) is 62.2 cm³/mol. The van der Waals surface area contributed by atoms with Gasteiger partial charge in [0.1, 0.15) is 5.75 Å². The van der Waals surface area contributed by atoms with E-state index in [0.29, 0.717) is 16.8 Å². The largest absolute Gasteiger partial charge is 0.508 e. The Morgan fingerprint density at radius 2 is 2.33 bits per heavy atom. The van der Waals surface area contributed by atoms with Crippen LogP contribution in [0.1, 0.15) is 25.3 Å². The van der Waals surface area contributed by atoms with Gasteiger partial charge in [-0.1, -0.05) is 17.7 Å². The highest BCUT2D eigenvalue weighted by molar-refractivity contribution is 6.31. The molecule has 2 nitrogen and oxygen atoms in total. The van der Waals surface area contributed by atoms with Crippen molar-refractivity contribution in [3.63, 3.8) is 0 Å². The average molecular weight is 226 g/mol. The van der Waals surface area contributed by atoms with Crippen molar-refractivity contribution in [3.05, 3.63) is 28.8 Å². The van der Waals surface area contributed by atoms with Crippen LogP contribution in [-0.4, -0.2) is 22.6 Å². The van der Waals surface area contributed by atoms with Crippen molar-refractivity contribution < 1.29 is 5.11 Å². The van der Waals surface area contributed by atoms with Gasteiger partial charge in [-0.2, -0.15) is 0 Å². The first kappa shape index (κ1) is 10.8. The van der Waals surface area contributed by atoms with Crippen molar-refractivity contribution in [2.24, 2.45) is 0 Å². The van der Waals surface area contributed by atoms with Gasteiger partial charge in [0.2, 0.25) is 0 Å². The van der Waals surface area contributed by atoms with E-state index < -0.39 is 0 Å². The maximum absolute atomic E-state index is 9.73. The molecule has 0 amide bonds. The lowest BCUT2D eigenvalue weighted by atomic mass is 10.1. The third kappa shape index (κ3) is 2.27. The molecule has 1 N–H and O–H groups in total. The summed E-state index contributed by atoms with van der Waals surface area (Å²) in [6.07, 6.45) is 2.48. The summed E-state index contributed by atoms with van der Waals surface area (Å²) in [6, 6.07) is 5.90. The molecule has 3 heteroatoms. The summed E-state index contributed by atoms with van der Waals surface area (Å²) in [7, 11) is 0. The van der Waals surface area contributed by atoms with Gasteiger partial charge in [-0.3, -0.25) is 4.90 Å². The zero-order valence-electron chi connectivity index (χ0n) is 8.91. The van der Waals surface area contributed by atoms with Gasteiger partial charge >= 0.3 is 0 Å². The van der Waals surface area contributed by atoms with E-state index >= 15 is 0 Å². The summed E-state index contributed by atoms with van der Waals surface area (Å²) in [4.78, 5) is 2.36. The number of aromatic hydroxyl groups is 1. The lowest BCUT2D eigenvalue weighted by Crippen LogP contribution is -2.26. The fraction of sp³-hybridized carbons (Fsp3) is 0.500. The molecule has 1 aliphatic heterocycles. The second kappa shape index (κ2) is 4.42. The molecular formula is C12H16ClNO. The minimum Gasteiger partial charge on any atom is -0.508 e. The maximum atomic E-state index is 9.73. The van der Waals surface area contributed by atoms with Crippen molar-refractivity contribution in [2.75, 3.05) is 6.54 Å². The SMILES string of the molecule is CC1CCCN1Cc1c(O)cccc1Cl. The normalized spacial score (nSPS) is 22.1. The highest BCUT2D eigenvalue weighted by Crippen LogP contribution is 2.29. The van der Waals surface area contributed by atoms with Crippen LogP contribution in [0.25, 0.3) is 0 Å². The quantitative estimate of drug-likeness (QED) is 0.837. The number of rotatable bonds is 2. The number of benzene rings is 1. The minimum absolute atomic E-state index is 0.307. The van der Waals surface area contributed by atoms with Crippen LogP contribution in [0, 0.1) is 0 Å². The van der Waals surface area contributed by atoms with E-state index in [1.807, 2.05) is 6.07 Å². The number of halogens is 1. The minimum atomic E-state index is 0.307. The van der Waals surface area contributed by atoms with Crippen molar-refractivity contribution in [1.29, 1.82) is 0 Å². The summed E-state index contributed by atoms with van der Waals surface area (Å²) in [5.41, 5.74) is 0.855. The van der Waals surface area contributed by atoms with Crippen LogP contribution in [0.2, 0.25) is 5.02 Å². The number of phenols is 1. The lowest BCUT2D eigenvalue weighted by Gasteiger charge is -2.21. The molecule has 0 saturated carbocycles. The molecule has 1 unspecified atom stereocenters. The Labute approximate surface area is 95.5 Å². The van der Waals surface area contributed by atoms with Crippen molar-refractivity contribution in [2.45, 2.75) is 32.4 Å². The molecule has 0 aromatic heterocycles. The topological polar surface area (TPSA) is 23.5 Å². The Balaban J connectivity index is 2.16. The Hall–Kier alpha value is -0.730. The number of likely N-dealkylation sites (tertiary alicyclic amines) is 1. The first-order chi connectivity index (χ1) is 7.18. The van der Waals surface area contributed by atoms with E-state index in [0.717, 1.165) is 18.7 Å². The monoisotopic (exact) mass is 225 g/mol. The molecule has 1 atom stereocenters. The second-order valence-electron chi connectivity index (χ2n) is 4.20. The molecule has 0 bridgehead atoms. The molecule has 1 aromatic carbocycles. The highest BCUT2D eigenvalue weighted by Gasteiger charge is 2.21. The van der Waals surface area contributed by atoms with Crippen LogP contribution in [0.3, 0.4) is 0 Å². The summed E-state index contributed by atoms with van der Waals surface area (Å²) in [6.45, 7) is 4.08. The lowest BCUT2D eigenvalue weighted by molar-refractivity contribution is 0.257. The van der Waals surface area contributed by atoms with Crippen molar-refractivity contribution in [1.82, 2.24) is 4.90 Å². The molecule has 1 heterocycles. The zero-order chi connectivity index (χ0) is 10.8. The maximum Gasteiger partial charge on any atom is 0.121 e. The fourth-order valence-electron chi connectivity index (χ4n) is 2.13. The van der Waals surface area contributed by atoms with Gasteiger partial charge in [-0.15, -0.1) is 0 Å². The van der Waals surface area contributed by atoms with Gasteiger partial charge < -0.3 is 5.11 Å². The van der Waals surface area contributed by atoms with Crippen molar-refractivity contribution >= 4 is 11.6 Å². The Bertz CT molecular complexity index is 333. The van der Waals surface area contributed by atoms with Gasteiger partial charge in [0.15, 0.2) is 0 Å². The third-order valence-corrected chi connectivity index (χ3v) is 3.50. The number of hydrogen-bond donors (Lipinski definition) is 1. The third-order valence-electron chi connectivity index (χ3n) is 3.15. The molecule has 15 heavy (non-hydrogen) atoms. The number of nitrogens with zero attached hydrogens (tertiary/aromatic N) is 1. The second-order valence-corrected chi connectivity index (χ2v) is 4.61. The van der Waals surface area contributed by atoms with E-state index in [2.05, 4.69) is 11.8 Å². The summed E-state index contributed by atoms with van der Waals surface area (Å²) < 4.78 is 0. The van der Waals surface area contributed by atoms with E-state index in [-0.39, 0.29) is 0 Å². The first-order valence-electron chi connectivity index (χ1n) is 5.39. The van der Waals surface area contributed by atoms with Crippen LogP contribution in [0.5, 0.6) is 5.75 Å². The van der Waals surface area contributed by atoms with Gasteiger partial charge in [0.05, 0.1) is 0 Å². The first-order valence-corrected chi connectivity index (χ1v) is 5.76. The van der Waals surface area contributed by atoms with Gasteiger partial charge in [0, 0.05) is 23.2 Å². The summed E-state index contributed by atoms with van der Waals surface area (Å²) in [5, 5.41) is 10.4. The molecule has 1 aromatic rings. The van der Waals surface area contributed by atoms with E-state index in [1.54, 1.807) is 12.1 Å². The van der Waals surface area contributed by atoms with Crippen LogP contribution in [-0.2, 0) is 6.54 Å². The summed E-state index contributed by atoms with van der Waals surface area (Å²) >= 11 is 6.07. The average Bonchev–Trinajstić information content (AvgIpc) is 2.58. The zero-order valence-corrected chi connectivity index (χ0v) is 9.67.